The van der Waals surface area contributed by atoms with E-state index in [1.54, 1.807) is 13.8 Å². The fourth-order valence-electron chi connectivity index (χ4n) is 2.61. The Morgan fingerprint density at radius 2 is 0.929 bits per heavy atom. The summed E-state index contributed by atoms with van der Waals surface area (Å²) in [6, 6.07) is 0. The van der Waals surface area contributed by atoms with Crippen molar-refractivity contribution in [1.82, 2.24) is 21.3 Å². The maximum atomic E-state index is 11.2. The number of aliphatic carboxylic acids is 1. The second kappa shape index (κ2) is 25.0. The van der Waals surface area contributed by atoms with Crippen LogP contribution in [0.4, 0.5) is 0 Å². The summed E-state index contributed by atoms with van der Waals surface area (Å²) in [7, 11) is 8.07. The Morgan fingerprint density at radius 3 is 1.14 bits per heavy atom. The molecular weight excluding hydrogens is 564 g/mol. The lowest BCUT2D eigenvalue weighted by atomic mass is 10.3. The molecule has 0 fully saturated rings. The van der Waals surface area contributed by atoms with Crippen LogP contribution in [-0.2, 0) is 24.0 Å². The van der Waals surface area contributed by atoms with Crippen LogP contribution in [0.15, 0.2) is 62.3 Å². The topological polar surface area (TPSA) is 157 Å². The number of hydrogen-bond donors (Lipinski definition) is 4. The minimum Gasteiger partial charge on any atom is -1.00 e. The number of quaternary nitrogens is 2. The van der Waals surface area contributed by atoms with Crippen LogP contribution in [-0.4, -0.2) is 106 Å². The summed E-state index contributed by atoms with van der Waals surface area (Å²) in [5.74, 6) is -1.79. The third-order valence-electron chi connectivity index (χ3n) is 5.13. The maximum absolute atomic E-state index is 11.2. The lowest BCUT2D eigenvalue weighted by molar-refractivity contribution is -0.892. The molecule has 0 saturated carbocycles. The lowest BCUT2D eigenvalue weighted by Gasteiger charge is -2.29. The van der Waals surface area contributed by atoms with Gasteiger partial charge in [-0.25, -0.2) is 0 Å². The van der Waals surface area contributed by atoms with Gasteiger partial charge in [0.25, 0.3) is 0 Å². The molecule has 0 aromatic rings. The van der Waals surface area contributed by atoms with Gasteiger partial charge >= 0.3 is 0 Å². The van der Waals surface area contributed by atoms with Gasteiger partial charge in [0.1, 0.15) is 0 Å². The summed E-state index contributed by atoms with van der Waals surface area (Å²) in [6.07, 6.45) is 4.92. The molecule has 0 bridgehead atoms. The number of carboxylic acid groups (broad SMARTS) is 1. The number of hydrogen-bond acceptors (Lipinski definition) is 6. The van der Waals surface area contributed by atoms with Gasteiger partial charge in [0.2, 0.25) is 23.6 Å². The molecule has 12 nitrogen and oxygen atoms in total. The van der Waals surface area contributed by atoms with Crippen molar-refractivity contribution in [3.05, 3.63) is 62.3 Å². The second-order valence-electron chi connectivity index (χ2n) is 10.4. The Kier molecular flexibility index (Phi) is 26.9. The highest BCUT2D eigenvalue weighted by Crippen LogP contribution is 1.98. The van der Waals surface area contributed by atoms with Crippen LogP contribution in [0.5, 0.6) is 0 Å². The van der Waals surface area contributed by atoms with Gasteiger partial charge in [-0.2, -0.15) is 0 Å². The third kappa shape index (κ3) is 30.8. The van der Waals surface area contributed by atoms with Crippen molar-refractivity contribution >= 4 is 29.6 Å². The molecule has 0 aliphatic rings. The third-order valence-corrected chi connectivity index (χ3v) is 5.13. The van der Waals surface area contributed by atoms with E-state index in [0.29, 0.717) is 46.5 Å². The predicted octanol–water partition coefficient (Wildman–Crippen LogP) is -3.26. The monoisotopic (exact) mass is 614 g/mol. The molecule has 240 valence electrons. The van der Waals surface area contributed by atoms with Crippen molar-refractivity contribution in [2.75, 3.05) is 67.7 Å². The number of nitrogens with zero attached hydrogens (tertiary/aromatic N) is 2. The normalized spacial score (nSPS) is 9.86. The number of carboxylic acids is 1. The molecule has 42 heavy (non-hydrogen) atoms. The molecule has 0 unspecified atom stereocenters. The maximum Gasteiger partial charge on any atom is 0.247 e. The van der Waals surface area contributed by atoms with E-state index in [1.165, 1.54) is 12.2 Å². The summed E-state index contributed by atoms with van der Waals surface area (Å²) < 4.78 is 1.31. The van der Waals surface area contributed by atoms with Gasteiger partial charge in [0, 0.05) is 37.1 Å². The van der Waals surface area contributed by atoms with E-state index >= 15 is 0 Å². The van der Waals surface area contributed by atoms with E-state index in [2.05, 4.69) is 54.2 Å². The van der Waals surface area contributed by atoms with Crippen LogP contribution in [0.2, 0.25) is 0 Å². The molecular formula is C29H51ClN6O6. The number of halogens is 1. The Labute approximate surface area is 257 Å². The molecule has 4 N–H and O–H groups in total. The first kappa shape index (κ1) is 45.3. The predicted molar refractivity (Wildman–Crippen MR) is 160 cm³/mol. The van der Waals surface area contributed by atoms with Crippen molar-refractivity contribution in [3.63, 3.8) is 0 Å². The summed E-state index contributed by atoms with van der Waals surface area (Å²) in [5, 5.41) is 20.2. The van der Waals surface area contributed by atoms with Crippen molar-refractivity contribution in [1.29, 1.82) is 0 Å². The van der Waals surface area contributed by atoms with Crippen LogP contribution in [0.3, 0.4) is 0 Å². The highest BCUT2D eigenvalue weighted by Gasteiger charge is 2.16. The fourth-order valence-corrected chi connectivity index (χ4v) is 2.61. The molecule has 0 atom stereocenters. The summed E-state index contributed by atoms with van der Waals surface area (Å²) >= 11 is 0. The van der Waals surface area contributed by atoms with E-state index < -0.39 is 5.97 Å². The first-order valence-electron chi connectivity index (χ1n) is 13.0. The lowest BCUT2D eigenvalue weighted by Crippen LogP contribution is -3.00. The zero-order valence-electron chi connectivity index (χ0n) is 26.1. The number of carbonyl (C=O) groups excluding carboxylic acids is 5. The molecule has 0 saturated heterocycles. The van der Waals surface area contributed by atoms with Gasteiger partial charge in [-0.15, -0.1) is 0 Å². The van der Waals surface area contributed by atoms with E-state index in [9.17, 15) is 19.2 Å². The average Bonchev–Trinajstić information content (AvgIpc) is 2.91. The van der Waals surface area contributed by atoms with Gasteiger partial charge in [-0.1, -0.05) is 32.9 Å². The van der Waals surface area contributed by atoms with Crippen molar-refractivity contribution < 1.29 is 50.5 Å². The number of rotatable bonds is 17. The van der Waals surface area contributed by atoms with Crippen LogP contribution in [0.25, 0.3) is 0 Å². The summed E-state index contributed by atoms with van der Waals surface area (Å²) in [6.45, 7) is 24.2. The van der Waals surface area contributed by atoms with Crippen LogP contribution in [0, 0.1) is 0 Å². The summed E-state index contributed by atoms with van der Waals surface area (Å²) in [5.41, 5.74) is 1.03. The molecule has 0 radical (unpaired) electrons. The van der Waals surface area contributed by atoms with Crippen molar-refractivity contribution in [2.24, 2.45) is 0 Å². The smallest absolute Gasteiger partial charge is 0.247 e. The zero-order chi connectivity index (χ0) is 32.6. The molecule has 13 heteroatoms. The molecule has 0 aromatic carbocycles. The Hall–Kier alpha value is -3.74. The molecule has 0 spiro atoms. The van der Waals surface area contributed by atoms with Gasteiger partial charge in [-0.3, -0.25) is 19.2 Å². The summed E-state index contributed by atoms with van der Waals surface area (Å²) in [4.78, 5) is 53.7. The minimum atomic E-state index is -1.23. The largest absolute Gasteiger partial charge is 1.00 e. The molecule has 0 aromatic heterocycles. The molecule has 4 amide bonds. The van der Waals surface area contributed by atoms with E-state index in [0.717, 1.165) is 32.0 Å². The van der Waals surface area contributed by atoms with E-state index in [1.807, 2.05) is 28.2 Å². The highest BCUT2D eigenvalue weighted by atomic mass is 35.5. The number of carbonyl (C=O) groups is 5. The molecule has 0 aliphatic heterocycles. The Balaban J connectivity index is -0.000000290. The van der Waals surface area contributed by atoms with Gasteiger partial charge < -0.3 is 52.5 Å². The van der Waals surface area contributed by atoms with Gasteiger partial charge in [0.15, 0.2) is 13.3 Å². The first-order valence-corrected chi connectivity index (χ1v) is 13.0. The van der Waals surface area contributed by atoms with E-state index in [-0.39, 0.29) is 36.0 Å². The SMILES string of the molecule is C=CC(=O)NC[N+](C)(C)CCCNC(=O)C(=C)C.C=CC(=O)NC[N+](C)(C)CCCNC(=O)C(=C)C.C=CC(=O)[O-].[Cl-]. The molecule has 0 rings (SSSR count). The quantitative estimate of drug-likeness (QED) is 0.0583. The average molecular weight is 615 g/mol. The van der Waals surface area contributed by atoms with Crippen LogP contribution in [0.1, 0.15) is 26.7 Å². The Morgan fingerprint density at radius 1 is 0.643 bits per heavy atom. The van der Waals surface area contributed by atoms with Gasteiger partial charge in [0.05, 0.1) is 47.2 Å². The number of amides is 4. The van der Waals surface area contributed by atoms with E-state index in [4.69, 9.17) is 9.90 Å². The Bertz CT molecular complexity index is 881. The minimum absolute atomic E-state index is 0. The molecule has 0 heterocycles. The van der Waals surface area contributed by atoms with Crippen LogP contribution < -0.4 is 38.8 Å². The van der Waals surface area contributed by atoms with Crippen molar-refractivity contribution in [2.45, 2.75) is 26.7 Å². The zero-order valence-corrected chi connectivity index (χ0v) is 26.9. The standard InChI is InChI=1S/2C13H23N3O2.C3H4O2.ClH/c2*1-6-12(17)15-10-16(4,5)9-7-8-14-13(18)11(2)3;1-2-3(4)5;/h2*6H,1-2,7-10H2,3-5H3,(H-,14,15,17,18);2H,1H2,(H,4,5);1H. The highest BCUT2D eigenvalue weighted by molar-refractivity contribution is 5.92. The number of nitrogens with one attached hydrogen (secondary N) is 4. The second-order valence-corrected chi connectivity index (χ2v) is 10.4. The fraction of sp³-hybridized carbons (Fsp3) is 0.483. The first-order chi connectivity index (χ1) is 18.8. The van der Waals surface area contributed by atoms with Crippen molar-refractivity contribution in [3.8, 4) is 0 Å². The molecule has 0 aliphatic carbocycles. The van der Waals surface area contributed by atoms with Gasteiger partial charge in [-0.05, 0) is 32.1 Å². The van der Waals surface area contributed by atoms with Crippen LogP contribution >= 0.6 is 0 Å².